The Morgan fingerprint density at radius 3 is 2.58 bits per heavy atom. The minimum absolute atomic E-state index is 0. The fourth-order valence-electron chi connectivity index (χ4n) is 3.38. The molecule has 1 heterocycles. The van der Waals surface area contributed by atoms with Crippen LogP contribution in [0.1, 0.15) is 29.5 Å². The number of hydrogen-bond acceptors (Lipinski definition) is 3. The number of benzene rings is 2. The van der Waals surface area contributed by atoms with Gasteiger partial charge >= 0.3 is 6.61 Å². The maximum Gasteiger partial charge on any atom is 0.387 e. The maximum atomic E-state index is 12.6. The topological polar surface area (TPSA) is 66.0 Å². The number of hydrogen-bond donors (Lipinski definition) is 2. The monoisotopic (exact) mass is 544 g/mol. The summed E-state index contributed by atoms with van der Waals surface area (Å²) in [7, 11) is 1.65. The van der Waals surface area contributed by atoms with Gasteiger partial charge in [0.2, 0.25) is 5.91 Å². The molecular weight excluding hydrogens is 517 g/mol. The predicted octanol–water partition coefficient (Wildman–Crippen LogP) is 3.89. The molecule has 0 saturated carbocycles. The quantitative estimate of drug-likeness (QED) is 0.301. The molecule has 2 N–H and O–H groups in total. The van der Waals surface area contributed by atoms with Crippen LogP contribution in [-0.2, 0) is 24.4 Å². The van der Waals surface area contributed by atoms with Crippen LogP contribution in [-0.4, -0.2) is 37.0 Å². The van der Waals surface area contributed by atoms with Crippen molar-refractivity contribution in [2.45, 2.75) is 39.1 Å². The number of nitrogens with zero attached hydrogens (tertiary/aromatic N) is 2. The van der Waals surface area contributed by atoms with Crippen molar-refractivity contribution in [2.24, 2.45) is 4.99 Å². The lowest BCUT2D eigenvalue weighted by molar-refractivity contribution is -0.128. The summed E-state index contributed by atoms with van der Waals surface area (Å²) in [6, 6.07) is 14.7. The average molecular weight is 544 g/mol. The van der Waals surface area contributed by atoms with Crippen molar-refractivity contribution >= 4 is 35.8 Å². The number of likely N-dealkylation sites (tertiary alicyclic amines) is 1. The normalized spacial score (nSPS) is 13.9. The number of halogens is 3. The fourth-order valence-corrected chi connectivity index (χ4v) is 3.38. The smallest absolute Gasteiger partial charge is 0.387 e. The molecule has 0 atom stereocenters. The molecular formula is C22H27F2IN4O2. The molecule has 31 heavy (non-hydrogen) atoms. The zero-order chi connectivity index (χ0) is 21.3. The van der Waals surface area contributed by atoms with Crippen LogP contribution in [0, 0.1) is 0 Å². The summed E-state index contributed by atoms with van der Waals surface area (Å²) in [6.45, 7) is -0.599. The highest BCUT2D eigenvalue weighted by atomic mass is 127. The van der Waals surface area contributed by atoms with Crippen molar-refractivity contribution in [1.82, 2.24) is 15.5 Å². The summed E-state index contributed by atoms with van der Waals surface area (Å²) in [5.41, 5.74) is 2.76. The fraction of sp³-hybridized carbons (Fsp3) is 0.364. The van der Waals surface area contributed by atoms with Gasteiger partial charge in [-0.05, 0) is 23.6 Å². The van der Waals surface area contributed by atoms with Gasteiger partial charge in [-0.1, -0.05) is 42.5 Å². The van der Waals surface area contributed by atoms with Gasteiger partial charge in [-0.3, -0.25) is 9.79 Å². The van der Waals surface area contributed by atoms with Gasteiger partial charge in [0.15, 0.2) is 5.96 Å². The van der Waals surface area contributed by atoms with E-state index in [9.17, 15) is 13.6 Å². The molecule has 1 aliphatic heterocycles. The van der Waals surface area contributed by atoms with E-state index >= 15 is 0 Å². The Labute approximate surface area is 198 Å². The number of amides is 1. The number of carbonyl (C=O) groups is 1. The molecule has 1 aliphatic rings. The third-order valence-electron chi connectivity index (χ3n) is 4.85. The second kappa shape index (κ2) is 12.4. The number of aliphatic imine (C=N–C) groups is 1. The second-order valence-electron chi connectivity index (χ2n) is 7.00. The Morgan fingerprint density at radius 1 is 1.13 bits per heavy atom. The highest BCUT2D eigenvalue weighted by Crippen LogP contribution is 2.20. The molecule has 0 unspecified atom stereocenters. The number of nitrogens with one attached hydrogen (secondary N) is 2. The van der Waals surface area contributed by atoms with E-state index in [1.807, 2.05) is 23.1 Å². The molecule has 168 valence electrons. The summed E-state index contributed by atoms with van der Waals surface area (Å²) in [5, 5.41) is 6.33. The SMILES string of the molecule is CN=C(NCc1cccc(CN2CCCC2=O)c1)NCc1ccccc1OC(F)F.I. The molecule has 0 aliphatic carbocycles. The first kappa shape index (κ1) is 24.8. The molecule has 2 aromatic carbocycles. The molecule has 2 aromatic rings. The zero-order valence-electron chi connectivity index (χ0n) is 17.3. The molecule has 1 amide bonds. The largest absolute Gasteiger partial charge is 0.434 e. The second-order valence-corrected chi connectivity index (χ2v) is 7.00. The summed E-state index contributed by atoms with van der Waals surface area (Å²) < 4.78 is 29.7. The maximum absolute atomic E-state index is 12.6. The van der Waals surface area contributed by atoms with Crippen molar-refractivity contribution in [3.05, 3.63) is 65.2 Å². The van der Waals surface area contributed by atoms with Crippen molar-refractivity contribution in [1.29, 1.82) is 0 Å². The highest BCUT2D eigenvalue weighted by molar-refractivity contribution is 14.0. The Kier molecular flexibility index (Phi) is 9.96. The van der Waals surface area contributed by atoms with Crippen LogP contribution in [0.5, 0.6) is 5.75 Å². The summed E-state index contributed by atoms with van der Waals surface area (Å²) >= 11 is 0. The number of alkyl halides is 2. The van der Waals surface area contributed by atoms with Crippen LogP contribution in [0.15, 0.2) is 53.5 Å². The molecule has 0 spiro atoms. The standard InChI is InChI=1S/C22H26F2N4O2.HI/c1-25-22(27-14-18-8-2-3-9-19(18)30-21(23)24)26-13-16-6-4-7-17(12-16)15-28-11-5-10-20(28)29;/h2-4,6-9,12,21H,5,10-11,13-15H2,1H3,(H2,25,26,27);1H. The molecule has 0 radical (unpaired) electrons. The van der Waals surface area contributed by atoms with E-state index in [4.69, 9.17) is 0 Å². The first-order chi connectivity index (χ1) is 14.5. The Balaban J connectivity index is 0.00000341. The summed E-state index contributed by atoms with van der Waals surface area (Å²) in [4.78, 5) is 17.9. The van der Waals surface area contributed by atoms with Crippen molar-refractivity contribution < 1.29 is 18.3 Å². The molecule has 0 aromatic heterocycles. The van der Waals surface area contributed by atoms with E-state index in [1.54, 1.807) is 25.2 Å². The number of para-hydroxylation sites is 1. The van der Waals surface area contributed by atoms with E-state index in [2.05, 4.69) is 26.4 Å². The van der Waals surface area contributed by atoms with Crippen molar-refractivity contribution in [2.75, 3.05) is 13.6 Å². The van der Waals surface area contributed by atoms with Crippen LogP contribution < -0.4 is 15.4 Å². The van der Waals surface area contributed by atoms with Gasteiger partial charge in [0, 0.05) is 45.2 Å². The summed E-state index contributed by atoms with van der Waals surface area (Å²) in [6.07, 6.45) is 1.56. The Bertz CT molecular complexity index is 895. The zero-order valence-corrected chi connectivity index (χ0v) is 19.6. The highest BCUT2D eigenvalue weighted by Gasteiger charge is 2.19. The first-order valence-electron chi connectivity index (χ1n) is 9.88. The van der Waals surface area contributed by atoms with Gasteiger partial charge in [-0.15, -0.1) is 24.0 Å². The van der Waals surface area contributed by atoms with Gasteiger partial charge in [-0.2, -0.15) is 8.78 Å². The molecule has 1 saturated heterocycles. The van der Waals surface area contributed by atoms with Crippen molar-refractivity contribution in [3.63, 3.8) is 0 Å². The van der Waals surface area contributed by atoms with Gasteiger partial charge in [0.05, 0.1) is 0 Å². The van der Waals surface area contributed by atoms with E-state index < -0.39 is 6.61 Å². The van der Waals surface area contributed by atoms with Crippen LogP contribution in [0.4, 0.5) is 8.78 Å². The van der Waals surface area contributed by atoms with Crippen LogP contribution in [0.25, 0.3) is 0 Å². The van der Waals surface area contributed by atoms with Gasteiger partial charge in [0.1, 0.15) is 5.75 Å². The number of rotatable bonds is 8. The minimum Gasteiger partial charge on any atom is -0.434 e. The first-order valence-corrected chi connectivity index (χ1v) is 9.88. The molecule has 9 heteroatoms. The van der Waals surface area contributed by atoms with Crippen LogP contribution >= 0.6 is 24.0 Å². The van der Waals surface area contributed by atoms with Crippen LogP contribution in [0.2, 0.25) is 0 Å². The Hall–Kier alpha value is -2.43. The lowest BCUT2D eigenvalue weighted by atomic mass is 10.1. The number of carbonyl (C=O) groups excluding carboxylic acids is 1. The van der Waals surface area contributed by atoms with Gasteiger partial charge < -0.3 is 20.3 Å². The van der Waals surface area contributed by atoms with E-state index in [1.165, 1.54) is 6.07 Å². The van der Waals surface area contributed by atoms with Gasteiger partial charge in [0.25, 0.3) is 0 Å². The number of ether oxygens (including phenoxy) is 1. The van der Waals surface area contributed by atoms with Crippen LogP contribution in [0.3, 0.4) is 0 Å². The lowest BCUT2D eigenvalue weighted by Crippen LogP contribution is -2.36. The number of guanidine groups is 1. The molecule has 3 rings (SSSR count). The molecule has 0 bridgehead atoms. The lowest BCUT2D eigenvalue weighted by Gasteiger charge is -2.17. The molecule has 6 nitrogen and oxygen atoms in total. The molecule has 1 fully saturated rings. The minimum atomic E-state index is -2.87. The van der Waals surface area contributed by atoms with E-state index in [-0.39, 0.29) is 35.6 Å². The van der Waals surface area contributed by atoms with Crippen molar-refractivity contribution in [3.8, 4) is 5.75 Å². The average Bonchev–Trinajstić information content (AvgIpc) is 3.13. The van der Waals surface area contributed by atoms with E-state index in [0.29, 0.717) is 37.6 Å². The Morgan fingerprint density at radius 2 is 1.87 bits per heavy atom. The third kappa shape index (κ3) is 7.64. The third-order valence-corrected chi connectivity index (χ3v) is 4.85. The van der Waals surface area contributed by atoms with Gasteiger partial charge in [-0.25, -0.2) is 0 Å². The summed E-state index contributed by atoms with van der Waals surface area (Å²) in [5.74, 6) is 0.890. The predicted molar refractivity (Wildman–Crippen MR) is 127 cm³/mol. The van der Waals surface area contributed by atoms with E-state index in [0.717, 1.165) is 24.1 Å².